The number of para-hydroxylation sites is 2. The van der Waals surface area contributed by atoms with Crippen molar-refractivity contribution in [3.05, 3.63) is 72.8 Å². The number of anilines is 2. The van der Waals surface area contributed by atoms with Crippen LogP contribution in [0, 0.1) is 0 Å². The zero-order valence-corrected chi connectivity index (χ0v) is 19.7. The van der Waals surface area contributed by atoms with Crippen LogP contribution in [-0.2, 0) is 14.4 Å². The summed E-state index contributed by atoms with van der Waals surface area (Å²) in [7, 11) is 0. The number of nitrogens with one attached hydrogen (secondary N) is 2. The van der Waals surface area contributed by atoms with Gasteiger partial charge in [0.2, 0.25) is 17.7 Å². The summed E-state index contributed by atoms with van der Waals surface area (Å²) in [6.07, 6.45) is -0.301. The van der Waals surface area contributed by atoms with E-state index in [-0.39, 0.29) is 29.9 Å². The third kappa shape index (κ3) is 6.48. The predicted molar refractivity (Wildman–Crippen MR) is 135 cm³/mol. The number of oxazole rings is 1. The first-order valence-electron chi connectivity index (χ1n) is 10.9. The molecule has 4 rings (SSSR count). The molecule has 1 atom stereocenters. The van der Waals surface area contributed by atoms with Gasteiger partial charge in [-0.25, -0.2) is 4.98 Å². The van der Waals surface area contributed by atoms with Crippen LogP contribution < -0.4 is 10.6 Å². The molecule has 1 heterocycles. The van der Waals surface area contributed by atoms with Gasteiger partial charge in [-0.15, -0.1) is 11.8 Å². The molecule has 1 aromatic heterocycles. The molecule has 9 heteroatoms. The molecule has 4 aromatic rings. The minimum atomic E-state index is -1.02. The fraction of sp³-hybridized carbons (Fsp3) is 0.154. The van der Waals surface area contributed by atoms with E-state index in [0.29, 0.717) is 17.3 Å². The van der Waals surface area contributed by atoms with Crippen molar-refractivity contribution in [2.45, 2.75) is 29.9 Å². The van der Waals surface area contributed by atoms with E-state index in [9.17, 15) is 14.4 Å². The highest BCUT2D eigenvalue weighted by Crippen LogP contribution is 2.27. The van der Waals surface area contributed by atoms with Crippen molar-refractivity contribution in [2.24, 2.45) is 0 Å². The second-order valence-electron chi connectivity index (χ2n) is 7.78. The summed E-state index contributed by atoms with van der Waals surface area (Å²) in [6, 6.07) is 21.9. The van der Waals surface area contributed by atoms with Crippen LogP contribution in [0.1, 0.15) is 19.8 Å². The summed E-state index contributed by atoms with van der Waals surface area (Å²) in [5.74, 6) is -0.994. The Balaban J connectivity index is 1.30. The number of carboxylic acids is 1. The number of fused-ring (bicyclic) bond motifs is 1. The second kappa shape index (κ2) is 10.9. The van der Waals surface area contributed by atoms with Crippen LogP contribution in [0.4, 0.5) is 11.4 Å². The lowest BCUT2D eigenvalue weighted by Gasteiger charge is -2.13. The standard InChI is InChI=1S/C26H23N3O5S/c1-16(35-20-12-10-18(11-13-20)27-23(30)14-15-24(31)32)25(33)28-19-8-6-17(7-9-19)26-29-21-4-2-3-5-22(21)34-26/h2-13,16H,14-15H2,1H3,(H,27,30)(H,28,33)(H,31,32). The number of aromatic nitrogens is 1. The molecule has 0 fully saturated rings. The number of nitrogens with zero attached hydrogens (tertiary/aromatic N) is 1. The first-order chi connectivity index (χ1) is 16.9. The van der Waals surface area contributed by atoms with E-state index < -0.39 is 5.97 Å². The van der Waals surface area contributed by atoms with Crippen molar-refractivity contribution in [1.82, 2.24) is 4.98 Å². The second-order valence-corrected chi connectivity index (χ2v) is 9.19. The number of hydrogen-bond acceptors (Lipinski definition) is 6. The number of rotatable bonds is 9. The first-order valence-corrected chi connectivity index (χ1v) is 11.8. The summed E-state index contributed by atoms with van der Waals surface area (Å²) in [6.45, 7) is 1.81. The molecule has 8 nitrogen and oxygen atoms in total. The van der Waals surface area contributed by atoms with Gasteiger partial charge >= 0.3 is 5.97 Å². The van der Waals surface area contributed by atoms with Gasteiger partial charge in [0.25, 0.3) is 0 Å². The van der Waals surface area contributed by atoms with Crippen LogP contribution >= 0.6 is 11.8 Å². The Labute approximate surface area is 205 Å². The summed E-state index contributed by atoms with van der Waals surface area (Å²) in [5, 5.41) is 13.9. The van der Waals surface area contributed by atoms with Gasteiger partial charge in [-0.05, 0) is 67.6 Å². The normalized spacial score (nSPS) is 11.7. The molecule has 0 radical (unpaired) electrons. The van der Waals surface area contributed by atoms with Crippen LogP contribution in [-0.4, -0.2) is 33.1 Å². The van der Waals surface area contributed by atoms with Gasteiger partial charge in [0.05, 0.1) is 11.7 Å². The fourth-order valence-corrected chi connectivity index (χ4v) is 4.12. The van der Waals surface area contributed by atoms with Crippen molar-refractivity contribution in [2.75, 3.05) is 10.6 Å². The van der Waals surface area contributed by atoms with Crippen molar-refractivity contribution >= 4 is 52.0 Å². The Morgan fingerprint density at radius 1 is 0.914 bits per heavy atom. The van der Waals surface area contributed by atoms with Crippen LogP contribution in [0.3, 0.4) is 0 Å². The van der Waals surface area contributed by atoms with Crippen molar-refractivity contribution in [3.8, 4) is 11.5 Å². The zero-order valence-electron chi connectivity index (χ0n) is 18.9. The summed E-state index contributed by atoms with van der Waals surface area (Å²) in [5.41, 5.74) is 3.57. The highest BCUT2D eigenvalue weighted by Gasteiger charge is 2.15. The van der Waals surface area contributed by atoms with E-state index in [1.807, 2.05) is 43.3 Å². The van der Waals surface area contributed by atoms with Crippen molar-refractivity contribution < 1.29 is 23.9 Å². The molecular weight excluding hydrogens is 466 g/mol. The van der Waals surface area contributed by atoms with Crippen LogP contribution in [0.5, 0.6) is 0 Å². The molecule has 0 saturated heterocycles. The average Bonchev–Trinajstić information content (AvgIpc) is 3.29. The molecule has 35 heavy (non-hydrogen) atoms. The SMILES string of the molecule is CC(Sc1ccc(NC(=O)CCC(=O)O)cc1)C(=O)Nc1ccc(-c2nc3ccccc3o2)cc1. The highest BCUT2D eigenvalue weighted by molar-refractivity contribution is 8.00. The Bertz CT molecular complexity index is 1320. The maximum atomic E-state index is 12.7. The molecule has 0 aliphatic rings. The van der Waals surface area contributed by atoms with Crippen molar-refractivity contribution in [3.63, 3.8) is 0 Å². The van der Waals surface area contributed by atoms with Crippen LogP contribution in [0.15, 0.2) is 82.1 Å². The van der Waals surface area contributed by atoms with Gasteiger partial charge in [0.15, 0.2) is 5.58 Å². The van der Waals surface area contributed by atoms with Gasteiger partial charge < -0.3 is 20.2 Å². The number of aliphatic carboxylic acids is 1. The van der Waals surface area contributed by atoms with Gasteiger partial charge in [-0.1, -0.05) is 12.1 Å². The molecule has 2 amide bonds. The Kier molecular flexibility index (Phi) is 7.47. The third-order valence-corrected chi connectivity index (χ3v) is 6.19. The van der Waals surface area contributed by atoms with Gasteiger partial charge in [-0.2, -0.15) is 0 Å². The number of carbonyl (C=O) groups is 3. The van der Waals surface area contributed by atoms with E-state index in [1.54, 1.807) is 36.4 Å². The molecule has 0 saturated carbocycles. The summed E-state index contributed by atoms with van der Waals surface area (Å²) < 4.78 is 5.78. The summed E-state index contributed by atoms with van der Waals surface area (Å²) >= 11 is 1.39. The molecule has 0 spiro atoms. The lowest BCUT2D eigenvalue weighted by Crippen LogP contribution is -2.22. The number of amides is 2. The number of carbonyl (C=O) groups excluding carboxylic acids is 2. The lowest BCUT2D eigenvalue weighted by atomic mass is 10.2. The Hall–Kier alpha value is -4.11. The Morgan fingerprint density at radius 2 is 1.57 bits per heavy atom. The van der Waals surface area contributed by atoms with Gasteiger partial charge in [-0.3, -0.25) is 14.4 Å². The molecular formula is C26H23N3O5S. The fourth-order valence-electron chi connectivity index (χ4n) is 3.25. The number of thioether (sulfide) groups is 1. The van der Waals surface area contributed by atoms with Crippen LogP contribution in [0.25, 0.3) is 22.6 Å². The Morgan fingerprint density at radius 3 is 2.26 bits per heavy atom. The van der Waals surface area contributed by atoms with Gasteiger partial charge in [0.1, 0.15) is 5.52 Å². The van der Waals surface area contributed by atoms with E-state index in [1.165, 1.54) is 11.8 Å². The quantitative estimate of drug-likeness (QED) is 0.269. The lowest BCUT2D eigenvalue weighted by molar-refractivity contribution is -0.138. The molecule has 1 unspecified atom stereocenters. The largest absolute Gasteiger partial charge is 0.481 e. The maximum absolute atomic E-state index is 12.7. The van der Waals surface area contributed by atoms with Crippen molar-refractivity contribution in [1.29, 1.82) is 0 Å². The number of carboxylic acid groups (broad SMARTS) is 1. The summed E-state index contributed by atoms with van der Waals surface area (Å²) in [4.78, 5) is 40.3. The molecule has 0 aliphatic heterocycles. The maximum Gasteiger partial charge on any atom is 0.303 e. The minimum Gasteiger partial charge on any atom is -0.481 e. The zero-order chi connectivity index (χ0) is 24.8. The van der Waals surface area contributed by atoms with E-state index in [4.69, 9.17) is 9.52 Å². The van der Waals surface area contributed by atoms with E-state index in [0.717, 1.165) is 21.6 Å². The number of hydrogen-bond donors (Lipinski definition) is 3. The molecule has 0 aliphatic carbocycles. The van der Waals surface area contributed by atoms with Gasteiger partial charge in [0, 0.05) is 28.3 Å². The van der Waals surface area contributed by atoms with Crippen LogP contribution in [0.2, 0.25) is 0 Å². The molecule has 3 N–H and O–H groups in total. The van der Waals surface area contributed by atoms with E-state index in [2.05, 4.69) is 15.6 Å². The highest BCUT2D eigenvalue weighted by atomic mass is 32.2. The average molecular weight is 490 g/mol. The monoisotopic (exact) mass is 489 g/mol. The smallest absolute Gasteiger partial charge is 0.303 e. The first kappa shape index (κ1) is 24.0. The molecule has 0 bridgehead atoms. The third-order valence-electron chi connectivity index (χ3n) is 5.08. The van der Waals surface area contributed by atoms with E-state index >= 15 is 0 Å². The molecule has 178 valence electrons. The molecule has 3 aromatic carbocycles. The predicted octanol–water partition coefficient (Wildman–Crippen LogP) is 5.42. The number of benzene rings is 3. The topological polar surface area (TPSA) is 122 Å². The minimum absolute atomic E-state index is 0.0845.